The minimum Gasteiger partial charge on any atom is -0.480 e. The van der Waals surface area contributed by atoms with Gasteiger partial charge >= 0.3 is 5.97 Å². The van der Waals surface area contributed by atoms with E-state index in [1.165, 1.54) is 11.8 Å². The SMILES string of the molecule is C[C@H](C(=O)O)N(C)C(=O)[C@H]1C[C@@H]1c1cccnc1. The van der Waals surface area contributed by atoms with Crippen LogP contribution in [0.3, 0.4) is 0 Å². The lowest BCUT2D eigenvalue weighted by Gasteiger charge is -2.21. The predicted molar refractivity (Wildman–Crippen MR) is 65.0 cm³/mol. The first-order valence-corrected chi connectivity index (χ1v) is 5.91. The summed E-state index contributed by atoms with van der Waals surface area (Å²) in [5, 5.41) is 8.88. The summed E-state index contributed by atoms with van der Waals surface area (Å²) < 4.78 is 0. The summed E-state index contributed by atoms with van der Waals surface area (Å²) in [6.07, 6.45) is 4.24. The molecule has 0 unspecified atom stereocenters. The molecular weight excluding hydrogens is 232 g/mol. The summed E-state index contributed by atoms with van der Waals surface area (Å²) in [5.41, 5.74) is 1.05. The summed E-state index contributed by atoms with van der Waals surface area (Å²) in [6, 6.07) is 3.01. The van der Waals surface area contributed by atoms with Crippen LogP contribution in [0.5, 0.6) is 0 Å². The summed E-state index contributed by atoms with van der Waals surface area (Å²) in [4.78, 5) is 28.3. The van der Waals surface area contributed by atoms with E-state index in [1.54, 1.807) is 19.4 Å². The molecule has 0 radical (unpaired) electrons. The van der Waals surface area contributed by atoms with Crippen molar-refractivity contribution < 1.29 is 14.7 Å². The van der Waals surface area contributed by atoms with Crippen LogP contribution in [0.1, 0.15) is 24.8 Å². The zero-order chi connectivity index (χ0) is 13.3. The van der Waals surface area contributed by atoms with E-state index in [0.29, 0.717) is 0 Å². The number of rotatable bonds is 4. The zero-order valence-corrected chi connectivity index (χ0v) is 10.4. The number of carboxylic acid groups (broad SMARTS) is 1. The molecular formula is C13H16N2O3. The molecule has 0 spiro atoms. The van der Waals surface area contributed by atoms with Gasteiger partial charge < -0.3 is 10.0 Å². The molecule has 2 rings (SSSR count). The van der Waals surface area contributed by atoms with Crippen molar-refractivity contribution in [2.24, 2.45) is 5.92 Å². The maximum absolute atomic E-state index is 12.1. The number of aromatic nitrogens is 1. The van der Waals surface area contributed by atoms with Gasteiger partial charge in [0.15, 0.2) is 0 Å². The van der Waals surface area contributed by atoms with E-state index in [2.05, 4.69) is 4.98 Å². The molecule has 5 nitrogen and oxygen atoms in total. The van der Waals surface area contributed by atoms with Crippen LogP contribution < -0.4 is 0 Å². The highest BCUT2D eigenvalue weighted by molar-refractivity contribution is 5.87. The van der Waals surface area contributed by atoms with Crippen LogP contribution in [0, 0.1) is 5.92 Å². The standard InChI is InChI=1S/C13H16N2O3/c1-8(13(17)18)15(2)12(16)11-6-10(11)9-4-3-5-14-7-9/h3-5,7-8,10-11H,6H2,1-2H3,(H,17,18)/t8-,10-,11+/m1/s1. The first-order valence-electron chi connectivity index (χ1n) is 5.91. The first kappa shape index (κ1) is 12.5. The number of carboxylic acids is 1. The fourth-order valence-corrected chi connectivity index (χ4v) is 2.05. The number of pyridine rings is 1. The van der Waals surface area contributed by atoms with Gasteiger partial charge in [0.25, 0.3) is 0 Å². The Kier molecular flexibility index (Phi) is 3.32. The smallest absolute Gasteiger partial charge is 0.326 e. The minimum absolute atomic E-state index is 0.0963. The second kappa shape index (κ2) is 4.76. The molecule has 0 bridgehead atoms. The largest absolute Gasteiger partial charge is 0.480 e. The molecule has 1 aliphatic carbocycles. The van der Waals surface area contributed by atoms with Crippen LogP contribution in [0.2, 0.25) is 0 Å². The average Bonchev–Trinajstić information content (AvgIpc) is 3.17. The number of hydrogen-bond donors (Lipinski definition) is 1. The molecule has 1 heterocycles. The number of carbonyl (C=O) groups is 2. The molecule has 96 valence electrons. The monoisotopic (exact) mass is 248 g/mol. The average molecular weight is 248 g/mol. The van der Waals surface area contributed by atoms with E-state index in [4.69, 9.17) is 5.11 Å². The lowest BCUT2D eigenvalue weighted by molar-refractivity contribution is -0.148. The molecule has 1 N–H and O–H groups in total. The highest BCUT2D eigenvalue weighted by atomic mass is 16.4. The number of carbonyl (C=O) groups excluding carboxylic acids is 1. The molecule has 0 aromatic carbocycles. The molecule has 1 amide bonds. The Labute approximate surface area is 105 Å². The Balaban J connectivity index is 1.99. The zero-order valence-electron chi connectivity index (χ0n) is 10.4. The Morgan fingerprint density at radius 2 is 2.28 bits per heavy atom. The van der Waals surface area contributed by atoms with Crippen molar-refractivity contribution in [3.63, 3.8) is 0 Å². The third kappa shape index (κ3) is 2.34. The Hall–Kier alpha value is -1.91. The Morgan fingerprint density at radius 3 is 2.83 bits per heavy atom. The fourth-order valence-electron chi connectivity index (χ4n) is 2.05. The molecule has 18 heavy (non-hydrogen) atoms. The van der Waals surface area contributed by atoms with Crippen molar-refractivity contribution in [2.45, 2.75) is 25.3 Å². The number of aliphatic carboxylic acids is 1. The fraction of sp³-hybridized carbons (Fsp3) is 0.462. The van der Waals surface area contributed by atoms with Crippen LogP contribution in [0.25, 0.3) is 0 Å². The van der Waals surface area contributed by atoms with Crippen LogP contribution >= 0.6 is 0 Å². The van der Waals surface area contributed by atoms with E-state index in [1.807, 2.05) is 12.1 Å². The molecule has 0 aliphatic heterocycles. The van der Waals surface area contributed by atoms with E-state index >= 15 is 0 Å². The predicted octanol–water partition coefficient (Wildman–Crippen LogP) is 1.12. The molecule has 1 aliphatic rings. The Bertz CT molecular complexity index is 461. The minimum atomic E-state index is -0.982. The molecule has 1 aromatic rings. The van der Waals surface area contributed by atoms with Gasteiger partial charge in [-0.3, -0.25) is 9.78 Å². The van der Waals surface area contributed by atoms with Crippen molar-refractivity contribution in [1.29, 1.82) is 0 Å². The van der Waals surface area contributed by atoms with E-state index in [9.17, 15) is 9.59 Å². The van der Waals surface area contributed by atoms with Gasteiger partial charge in [-0.05, 0) is 30.9 Å². The Morgan fingerprint density at radius 1 is 1.56 bits per heavy atom. The van der Waals surface area contributed by atoms with Crippen molar-refractivity contribution in [2.75, 3.05) is 7.05 Å². The summed E-state index contributed by atoms with van der Waals surface area (Å²) in [5.74, 6) is -0.987. The van der Waals surface area contributed by atoms with Crippen LogP contribution in [0.4, 0.5) is 0 Å². The molecule has 0 saturated heterocycles. The molecule has 1 saturated carbocycles. The van der Waals surface area contributed by atoms with Gasteiger partial charge in [0.05, 0.1) is 0 Å². The van der Waals surface area contributed by atoms with Gasteiger partial charge in [0.2, 0.25) is 5.91 Å². The maximum Gasteiger partial charge on any atom is 0.326 e. The number of nitrogens with zero attached hydrogens (tertiary/aromatic N) is 2. The van der Waals surface area contributed by atoms with E-state index < -0.39 is 12.0 Å². The third-order valence-electron chi connectivity index (χ3n) is 3.51. The van der Waals surface area contributed by atoms with Crippen molar-refractivity contribution in [1.82, 2.24) is 9.88 Å². The van der Waals surface area contributed by atoms with E-state index in [-0.39, 0.29) is 17.7 Å². The van der Waals surface area contributed by atoms with Crippen LogP contribution in [-0.4, -0.2) is 40.0 Å². The lowest BCUT2D eigenvalue weighted by atomic mass is 10.1. The summed E-state index contributed by atoms with van der Waals surface area (Å²) in [6.45, 7) is 1.52. The van der Waals surface area contributed by atoms with E-state index in [0.717, 1.165) is 12.0 Å². The second-order valence-electron chi connectivity index (χ2n) is 4.70. The van der Waals surface area contributed by atoms with Gasteiger partial charge in [-0.1, -0.05) is 6.07 Å². The first-order chi connectivity index (χ1) is 8.52. The summed E-state index contributed by atoms with van der Waals surface area (Å²) in [7, 11) is 1.54. The van der Waals surface area contributed by atoms with Gasteiger partial charge in [-0.15, -0.1) is 0 Å². The second-order valence-corrected chi connectivity index (χ2v) is 4.70. The topological polar surface area (TPSA) is 70.5 Å². The van der Waals surface area contributed by atoms with Crippen molar-refractivity contribution in [3.05, 3.63) is 30.1 Å². The molecule has 5 heteroatoms. The number of hydrogen-bond acceptors (Lipinski definition) is 3. The third-order valence-corrected chi connectivity index (χ3v) is 3.51. The van der Waals surface area contributed by atoms with Crippen LogP contribution in [-0.2, 0) is 9.59 Å². The van der Waals surface area contributed by atoms with Gasteiger partial charge in [0, 0.05) is 25.4 Å². The molecule has 1 fully saturated rings. The highest BCUT2D eigenvalue weighted by Crippen LogP contribution is 2.48. The van der Waals surface area contributed by atoms with Gasteiger partial charge in [-0.2, -0.15) is 0 Å². The van der Waals surface area contributed by atoms with Gasteiger partial charge in [0.1, 0.15) is 6.04 Å². The maximum atomic E-state index is 12.1. The van der Waals surface area contributed by atoms with Gasteiger partial charge in [-0.25, -0.2) is 4.79 Å². The van der Waals surface area contributed by atoms with Crippen molar-refractivity contribution in [3.8, 4) is 0 Å². The normalized spacial score (nSPS) is 23.2. The van der Waals surface area contributed by atoms with Crippen LogP contribution in [0.15, 0.2) is 24.5 Å². The number of likely N-dealkylation sites (N-methyl/N-ethyl adjacent to an activating group) is 1. The quantitative estimate of drug-likeness (QED) is 0.866. The number of amides is 1. The molecule has 1 aromatic heterocycles. The lowest BCUT2D eigenvalue weighted by Crippen LogP contribution is -2.41. The summed E-state index contributed by atoms with van der Waals surface area (Å²) >= 11 is 0. The van der Waals surface area contributed by atoms with Crippen molar-refractivity contribution >= 4 is 11.9 Å². The highest BCUT2D eigenvalue weighted by Gasteiger charge is 2.46. The molecule has 3 atom stereocenters.